The first kappa shape index (κ1) is 12.4. The molecule has 0 radical (unpaired) electrons. The van der Waals surface area contributed by atoms with Crippen LogP contribution in [0.15, 0.2) is 35.5 Å². The minimum Gasteiger partial charge on any atom is -0.314 e. The number of halogens is 1. The normalized spacial score (nSPS) is 12.4. The van der Waals surface area contributed by atoms with Crippen molar-refractivity contribution in [3.05, 3.63) is 41.2 Å². The summed E-state index contributed by atoms with van der Waals surface area (Å²) >= 11 is 3.38. The van der Waals surface area contributed by atoms with Gasteiger partial charge in [0, 0.05) is 28.8 Å². The van der Waals surface area contributed by atoms with E-state index in [4.69, 9.17) is 0 Å². The Morgan fingerprint density at radius 2 is 2.40 bits per heavy atom. The number of aromatic nitrogens is 1. The maximum atomic E-state index is 4.36. The van der Waals surface area contributed by atoms with Crippen molar-refractivity contribution in [1.82, 2.24) is 10.3 Å². The van der Waals surface area contributed by atoms with Crippen LogP contribution in [0.1, 0.15) is 19.0 Å². The molecule has 0 saturated heterocycles. The Labute approximate surface area is 99.9 Å². The molecule has 0 aromatic carbocycles. The van der Waals surface area contributed by atoms with Gasteiger partial charge in [0.05, 0.1) is 0 Å². The van der Waals surface area contributed by atoms with Crippen LogP contribution in [-0.4, -0.2) is 17.6 Å². The monoisotopic (exact) mass is 268 g/mol. The van der Waals surface area contributed by atoms with Crippen molar-refractivity contribution < 1.29 is 0 Å². The predicted octanol–water partition coefficient (Wildman–Crippen LogP) is 2.94. The van der Waals surface area contributed by atoms with Crippen LogP contribution in [0, 0.1) is 0 Å². The Morgan fingerprint density at radius 3 is 2.93 bits per heavy atom. The van der Waals surface area contributed by atoms with E-state index >= 15 is 0 Å². The third-order valence-corrected chi connectivity index (χ3v) is 2.66. The molecule has 2 nitrogen and oxygen atoms in total. The van der Waals surface area contributed by atoms with E-state index in [1.807, 2.05) is 18.3 Å². The lowest BCUT2D eigenvalue weighted by Gasteiger charge is -2.15. The SMILES string of the molecule is C=CCC(Cc1ccc(Br)cn1)NCC. The Balaban J connectivity index is 2.56. The molecule has 0 amide bonds. The molecule has 1 N–H and O–H groups in total. The van der Waals surface area contributed by atoms with Gasteiger partial charge in [0.1, 0.15) is 0 Å². The molecule has 0 aliphatic carbocycles. The number of nitrogens with one attached hydrogen (secondary N) is 1. The summed E-state index contributed by atoms with van der Waals surface area (Å²) in [5.41, 5.74) is 1.12. The average molecular weight is 269 g/mol. The number of hydrogen-bond acceptors (Lipinski definition) is 2. The van der Waals surface area contributed by atoms with E-state index in [0.29, 0.717) is 6.04 Å². The van der Waals surface area contributed by atoms with Gasteiger partial charge in [0.25, 0.3) is 0 Å². The second-order valence-electron chi connectivity index (χ2n) is 3.45. The number of nitrogens with zero attached hydrogens (tertiary/aromatic N) is 1. The van der Waals surface area contributed by atoms with E-state index in [0.717, 1.165) is 29.6 Å². The highest BCUT2D eigenvalue weighted by molar-refractivity contribution is 9.10. The number of likely N-dealkylation sites (N-methyl/N-ethyl adjacent to an activating group) is 1. The van der Waals surface area contributed by atoms with Crippen molar-refractivity contribution in [1.29, 1.82) is 0 Å². The highest BCUT2D eigenvalue weighted by atomic mass is 79.9. The maximum absolute atomic E-state index is 4.36. The van der Waals surface area contributed by atoms with Crippen molar-refractivity contribution in [2.75, 3.05) is 6.54 Å². The van der Waals surface area contributed by atoms with Crippen molar-refractivity contribution >= 4 is 15.9 Å². The lowest BCUT2D eigenvalue weighted by Crippen LogP contribution is -2.30. The molecule has 0 saturated carbocycles. The molecular weight excluding hydrogens is 252 g/mol. The van der Waals surface area contributed by atoms with Gasteiger partial charge >= 0.3 is 0 Å². The summed E-state index contributed by atoms with van der Waals surface area (Å²) in [4.78, 5) is 4.36. The highest BCUT2D eigenvalue weighted by Crippen LogP contribution is 2.09. The molecule has 3 heteroatoms. The average Bonchev–Trinajstić information content (AvgIpc) is 2.22. The topological polar surface area (TPSA) is 24.9 Å². The first-order valence-electron chi connectivity index (χ1n) is 5.21. The van der Waals surface area contributed by atoms with Crippen LogP contribution in [0.4, 0.5) is 0 Å². The fourth-order valence-corrected chi connectivity index (χ4v) is 1.74. The van der Waals surface area contributed by atoms with Crippen LogP contribution in [0.5, 0.6) is 0 Å². The van der Waals surface area contributed by atoms with Crippen LogP contribution in [0.2, 0.25) is 0 Å². The van der Waals surface area contributed by atoms with Crippen molar-refractivity contribution in [3.63, 3.8) is 0 Å². The van der Waals surface area contributed by atoms with Gasteiger partial charge in [0.2, 0.25) is 0 Å². The maximum Gasteiger partial charge on any atom is 0.0420 e. The molecule has 82 valence electrons. The van der Waals surface area contributed by atoms with Gasteiger partial charge in [-0.25, -0.2) is 0 Å². The molecule has 15 heavy (non-hydrogen) atoms. The van der Waals surface area contributed by atoms with Crippen LogP contribution in [-0.2, 0) is 6.42 Å². The molecule has 1 unspecified atom stereocenters. The second-order valence-corrected chi connectivity index (χ2v) is 4.37. The Morgan fingerprint density at radius 1 is 1.60 bits per heavy atom. The van der Waals surface area contributed by atoms with Crippen molar-refractivity contribution in [3.8, 4) is 0 Å². The van der Waals surface area contributed by atoms with Crippen molar-refractivity contribution in [2.45, 2.75) is 25.8 Å². The highest BCUT2D eigenvalue weighted by Gasteiger charge is 2.06. The molecule has 1 rings (SSSR count). The van der Waals surface area contributed by atoms with Gasteiger partial charge < -0.3 is 5.32 Å². The smallest absolute Gasteiger partial charge is 0.0420 e. The van der Waals surface area contributed by atoms with Crippen LogP contribution in [0.25, 0.3) is 0 Å². The predicted molar refractivity (Wildman–Crippen MR) is 67.9 cm³/mol. The summed E-state index contributed by atoms with van der Waals surface area (Å²) in [6.07, 6.45) is 5.72. The zero-order valence-corrected chi connectivity index (χ0v) is 10.6. The summed E-state index contributed by atoms with van der Waals surface area (Å²) in [7, 11) is 0. The molecule has 0 fully saturated rings. The zero-order chi connectivity index (χ0) is 11.1. The van der Waals surface area contributed by atoms with Crippen LogP contribution < -0.4 is 5.32 Å². The van der Waals surface area contributed by atoms with Crippen LogP contribution in [0.3, 0.4) is 0 Å². The van der Waals surface area contributed by atoms with E-state index in [-0.39, 0.29) is 0 Å². The summed E-state index contributed by atoms with van der Waals surface area (Å²) < 4.78 is 1.02. The Bertz CT molecular complexity index is 295. The van der Waals surface area contributed by atoms with Crippen molar-refractivity contribution in [2.24, 2.45) is 0 Å². The number of pyridine rings is 1. The van der Waals surface area contributed by atoms with E-state index in [2.05, 4.69) is 45.8 Å². The fraction of sp³-hybridized carbons (Fsp3) is 0.417. The van der Waals surface area contributed by atoms with E-state index in [9.17, 15) is 0 Å². The molecular formula is C12H17BrN2. The molecule has 1 aromatic heterocycles. The first-order chi connectivity index (χ1) is 7.26. The lowest BCUT2D eigenvalue weighted by molar-refractivity contribution is 0.524. The first-order valence-corrected chi connectivity index (χ1v) is 6.00. The quantitative estimate of drug-likeness (QED) is 0.803. The fourth-order valence-electron chi connectivity index (χ4n) is 1.51. The Hall–Kier alpha value is -0.670. The van der Waals surface area contributed by atoms with Crippen LogP contribution >= 0.6 is 15.9 Å². The summed E-state index contributed by atoms with van der Waals surface area (Å²) in [6, 6.07) is 4.53. The van der Waals surface area contributed by atoms with Gasteiger partial charge in [-0.05, 0) is 41.0 Å². The minimum atomic E-state index is 0.446. The van der Waals surface area contributed by atoms with Gasteiger partial charge in [-0.15, -0.1) is 6.58 Å². The lowest BCUT2D eigenvalue weighted by atomic mass is 10.1. The molecule has 0 spiro atoms. The van der Waals surface area contributed by atoms with E-state index in [1.54, 1.807) is 0 Å². The minimum absolute atomic E-state index is 0.446. The van der Waals surface area contributed by atoms with Gasteiger partial charge in [-0.3, -0.25) is 4.98 Å². The molecule has 0 aliphatic heterocycles. The Kier molecular flexibility index (Phi) is 5.58. The summed E-state index contributed by atoms with van der Waals surface area (Å²) in [6.45, 7) is 6.87. The summed E-state index contributed by atoms with van der Waals surface area (Å²) in [5.74, 6) is 0. The molecule has 1 heterocycles. The largest absolute Gasteiger partial charge is 0.314 e. The van der Waals surface area contributed by atoms with E-state index in [1.165, 1.54) is 0 Å². The van der Waals surface area contributed by atoms with E-state index < -0.39 is 0 Å². The molecule has 1 aromatic rings. The molecule has 1 atom stereocenters. The van der Waals surface area contributed by atoms with Gasteiger partial charge in [-0.2, -0.15) is 0 Å². The summed E-state index contributed by atoms with van der Waals surface area (Å²) in [5, 5.41) is 3.42. The third-order valence-electron chi connectivity index (χ3n) is 2.19. The second kappa shape index (κ2) is 6.75. The number of hydrogen-bond donors (Lipinski definition) is 1. The van der Waals surface area contributed by atoms with Gasteiger partial charge in [-0.1, -0.05) is 13.0 Å². The third kappa shape index (κ3) is 4.58. The molecule has 0 bridgehead atoms. The van der Waals surface area contributed by atoms with Gasteiger partial charge in [0.15, 0.2) is 0 Å². The zero-order valence-electron chi connectivity index (χ0n) is 9.04. The number of rotatable bonds is 6. The standard InChI is InChI=1S/C12H17BrN2/c1-3-5-11(14-4-2)8-12-7-6-10(13)9-15-12/h3,6-7,9,11,14H,1,4-5,8H2,2H3. The molecule has 0 aliphatic rings.